The van der Waals surface area contributed by atoms with Crippen LogP contribution >= 0.6 is 11.8 Å². The van der Waals surface area contributed by atoms with Gasteiger partial charge < -0.3 is 9.88 Å². The molecular formula is C22H27N5O3S2. The minimum Gasteiger partial charge on any atom is -0.360 e. The molecule has 10 heteroatoms. The zero-order valence-electron chi connectivity index (χ0n) is 18.2. The van der Waals surface area contributed by atoms with E-state index in [4.69, 9.17) is 0 Å². The number of carbonyl (C=O) groups excluding carboxylic acids is 1. The van der Waals surface area contributed by atoms with E-state index in [1.807, 2.05) is 38.2 Å². The van der Waals surface area contributed by atoms with E-state index in [0.717, 1.165) is 40.3 Å². The van der Waals surface area contributed by atoms with Crippen molar-refractivity contribution in [3.05, 3.63) is 30.5 Å². The molecule has 2 atom stereocenters. The third-order valence-electron chi connectivity index (χ3n) is 6.31. The Balaban J connectivity index is 1.40. The van der Waals surface area contributed by atoms with Crippen molar-refractivity contribution in [2.24, 2.45) is 0 Å². The molecule has 3 aromatic rings. The van der Waals surface area contributed by atoms with Gasteiger partial charge in [0.2, 0.25) is 5.91 Å². The molecule has 2 fully saturated rings. The summed E-state index contributed by atoms with van der Waals surface area (Å²) in [6.07, 6.45) is 4.63. The number of aromatic amines is 1. The van der Waals surface area contributed by atoms with Crippen molar-refractivity contribution in [1.82, 2.24) is 24.6 Å². The van der Waals surface area contributed by atoms with Gasteiger partial charge in [0.25, 0.3) is 0 Å². The first kappa shape index (κ1) is 21.5. The Morgan fingerprint density at radius 3 is 2.75 bits per heavy atom. The van der Waals surface area contributed by atoms with Crippen LogP contribution in [-0.2, 0) is 14.6 Å². The molecule has 0 radical (unpaired) electrons. The van der Waals surface area contributed by atoms with Crippen LogP contribution in [0.5, 0.6) is 0 Å². The van der Waals surface area contributed by atoms with Gasteiger partial charge in [-0.3, -0.25) is 9.36 Å². The fraction of sp³-hybridized carbons (Fsp3) is 0.500. The highest BCUT2D eigenvalue weighted by molar-refractivity contribution is 8.00. The van der Waals surface area contributed by atoms with Crippen LogP contribution in [-0.4, -0.2) is 68.3 Å². The Morgan fingerprint density at radius 2 is 2.06 bits per heavy atom. The average Bonchev–Trinajstić information content (AvgIpc) is 3.22. The second kappa shape index (κ2) is 8.22. The molecule has 1 amide bonds. The molecule has 8 nitrogen and oxygen atoms in total. The Hall–Kier alpha value is -2.33. The minimum atomic E-state index is -3.05. The minimum absolute atomic E-state index is 0.0430. The van der Waals surface area contributed by atoms with E-state index in [1.54, 1.807) is 4.90 Å². The molecule has 5 rings (SSSR count). The number of hydrogen-bond donors (Lipinski definition) is 1. The van der Waals surface area contributed by atoms with Crippen molar-refractivity contribution in [2.45, 2.75) is 55.6 Å². The van der Waals surface area contributed by atoms with Gasteiger partial charge in [0.15, 0.2) is 20.8 Å². The molecule has 1 aliphatic heterocycles. The highest BCUT2D eigenvalue weighted by atomic mass is 32.2. The van der Waals surface area contributed by atoms with E-state index in [0.29, 0.717) is 19.0 Å². The second-order valence-electron chi connectivity index (χ2n) is 8.60. The number of benzene rings is 1. The van der Waals surface area contributed by atoms with E-state index in [-0.39, 0.29) is 28.7 Å². The molecule has 2 aliphatic rings. The molecule has 1 aromatic carbocycles. The molecule has 170 valence electrons. The lowest BCUT2D eigenvalue weighted by molar-refractivity contribution is -0.131. The normalized spacial score (nSPS) is 21.1. The van der Waals surface area contributed by atoms with Gasteiger partial charge in [-0.25, -0.2) is 8.42 Å². The zero-order valence-corrected chi connectivity index (χ0v) is 19.8. The number of thioether (sulfide) groups is 1. The van der Waals surface area contributed by atoms with Crippen LogP contribution in [0.3, 0.4) is 0 Å². The second-order valence-corrected chi connectivity index (χ2v) is 12.1. The lowest BCUT2D eigenvalue weighted by Gasteiger charge is -2.29. The number of nitrogens with one attached hydrogen (secondary N) is 1. The fourth-order valence-electron chi connectivity index (χ4n) is 4.52. The van der Waals surface area contributed by atoms with Gasteiger partial charge in [-0.15, -0.1) is 10.2 Å². The van der Waals surface area contributed by atoms with Crippen molar-refractivity contribution in [3.63, 3.8) is 0 Å². The summed E-state index contributed by atoms with van der Waals surface area (Å²) in [5.41, 5.74) is 2.06. The maximum atomic E-state index is 13.2. The molecule has 32 heavy (non-hydrogen) atoms. The molecular weight excluding hydrogens is 446 g/mol. The monoisotopic (exact) mass is 473 g/mol. The SMILES string of the molecule is CCN(C(=O)[C@@H](C)Sc1nnc(-c2c[nH]c3ccccc23)n1C1CC1)[C@@H]1CCS(=O)(=O)C1. The summed E-state index contributed by atoms with van der Waals surface area (Å²) >= 11 is 1.41. The standard InChI is InChI=1S/C22H27N5O3S2/c1-3-26(16-10-11-32(29,30)13-16)21(28)14(2)31-22-25-24-20(27(22)15-8-9-15)18-12-23-19-7-5-4-6-17(18)19/h4-7,12,14-16,23H,3,8-11,13H2,1-2H3/t14-,16-/m1/s1. The molecule has 2 aromatic heterocycles. The van der Waals surface area contributed by atoms with Crippen LogP contribution < -0.4 is 0 Å². The molecule has 1 saturated heterocycles. The predicted octanol–water partition coefficient (Wildman–Crippen LogP) is 3.28. The number of carbonyl (C=O) groups is 1. The molecule has 0 spiro atoms. The lowest BCUT2D eigenvalue weighted by Crippen LogP contribution is -2.44. The van der Waals surface area contributed by atoms with Crippen LogP contribution in [0, 0.1) is 0 Å². The van der Waals surface area contributed by atoms with Crippen molar-refractivity contribution in [2.75, 3.05) is 18.1 Å². The van der Waals surface area contributed by atoms with Gasteiger partial charge in [0.1, 0.15) is 0 Å². The van der Waals surface area contributed by atoms with Crippen molar-refractivity contribution in [3.8, 4) is 11.4 Å². The average molecular weight is 474 g/mol. The van der Waals surface area contributed by atoms with E-state index in [9.17, 15) is 13.2 Å². The number of nitrogens with zero attached hydrogens (tertiary/aromatic N) is 4. The third kappa shape index (κ3) is 3.94. The maximum Gasteiger partial charge on any atom is 0.236 e. The van der Waals surface area contributed by atoms with E-state index < -0.39 is 9.84 Å². The summed E-state index contributed by atoms with van der Waals surface area (Å²) in [6.45, 7) is 4.28. The first-order valence-electron chi connectivity index (χ1n) is 11.1. The molecule has 1 N–H and O–H groups in total. The number of fused-ring (bicyclic) bond motifs is 1. The Labute approximate surface area is 191 Å². The van der Waals surface area contributed by atoms with Gasteiger partial charge in [0, 0.05) is 41.3 Å². The fourth-order valence-corrected chi connectivity index (χ4v) is 7.24. The van der Waals surface area contributed by atoms with Crippen LogP contribution in [0.1, 0.15) is 39.2 Å². The first-order valence-corrected chi connectivity index (χ1v) is 13.8. The summed E-state index contributed by atoms with van der Waals surface area (Å²) < 4.78 is 26.0. The van der Waals surface area contributed by atoms with Gasteiger partial charge >= 0.3 is 0 Å². The molecule has 3 heterocycles. The van der Waals surface area contributed by atoms with Crippen LogP contribution in [0.15, 0.2) is 35.6 Å². The maximum absolute atomic E-state index is 13.2. The topological polar surface area (TPSA) is 101 Å². The van der Waals surface area contributed by atoms with Crippen molar-refractivity contribution < 1.29 is 13.2 Å². The Bertz CT molecular complexity index is 1260. The molecule has 1 aliphatic carbocycles. The quantitative estimate of drug-likeness (QED) is 0.529. The number of amides is 1. The number of sulfone groups is 1. The molecule has 1 saturated carbocycles. The summed E-state index contributed by atoms with van der Waals surface area (Å²) in [6, 6.07) is 8.23. The van der Waals surface area contributed by atoms with Gasteiger partial charge in [-0.05, 0) is 39.2 Å². The van der Waals surface area contributed by atoms with E-state index in [1.165, 1.54) is 11.8 Å². The van der Waals surface area contributed by atoms with Crippen LogP contribution in [0.4, 0.5) is 0 Å². The number of para-hydroxylation sites is 1. The molecule has 0 bridgehead atoms. The smallest absolute Gasteiger partial charge is 0.236 e. The third-order valence-corrected chi connectivity index (χ3v) is 9.10. The number of rotatable bonds is 7. The number of aromatic nitrogens is 4. The van der Waals surface area contributed by atoms with Gasteiger partial charge in [-0.1, -0.05) is 30.0 Å². The van der Waals surface area contributed by atoms with E-state index >= 15 is 0 Å². The first-order chi connectivity index (χ1) is 15.4. The largest absolute Gasteiger partial charge is 0.360 e. The van der Waals surface area contributed by atoms with Crippen molar-refractivity contribution in [1.29, 1.82) is 0 Å². The predicted molar refractivity (Wildman–Crippen MR) is 125 cm³/mol. The van der Waals surface area contributed by atoms with Crippen LogP contribution in [0.2, 0.25) is 0 Å². The number of hydrogen-bond acceptors (Lipinski definition) is 6. The van der Waals surface area contributed by atoms with Gasteiger partial charge in [-0.2, -0.15) is 0 Å². The molecule has 0 unspecified atom stereocenters. The highest BCUT2D eigenvalue weighted by Crippen LogP contribution is 2.43. The highest BCUT2D eigenvalue weighted by Gasteiger charge is 2.37. The number of H-pyrrole nitrogens is 1. The van der Waals surface area contributed by atoms with Crippen molar-refractivity contribution >= 4 is 38.4 Å². The summed E-state index contributed by atoms with van der Waals surface area (Å²) in [5.74, 6) is 1.000. The summed E-state index contributed by atoms with van der Waals surface area (Å²) in [4.78, 5) is 18.3. The lowest BCUT2D eigenvalue weighted by atomic mass is 10.1. The van der Waals surface area contributed by atoms with E-state index in [2.05, 4.69) is 25.8 Å². The summed E-state index contributed by atoms with van der Waals surface area (Å²) in [7, 11) is -3.05. The Morgan fingerprint density at radius 1 is 1.28 bits per heavy atom. The zero-order chi connectivity index (χ0) is 22.5. The summed E-state index contributed by atoms with van der Waals surface area (Å²) in [5, 5.41) is 10.4. The van der Waals surface area contributed by atoms with Crippen LogP contribution in [0.25, 0.3) is 22.3 Å². The van der Waals surface area contributed by atoms with Gasteiger partial charge in [0.05, 0.1) is 16.8 Å². The Kier molecular flexibility index (Phi) is 5.53.